The first-order valence-electron chi connectivity index (χ1n) is 4.45. The van der Waals surface area contributed by atoms with E-state index in [9.17, 15) is 13.2 Å². The van der Waals surface area contributed by atoms with Gasteiger partial charge in [0.1, 0.15) is 18.3 Å². The van der Waals surface area contributed by atoms with Gasteiger partial charge in [0.15, 0.2) is 0 Å². The molecule has 16 heavy (non-hydrogen) atoms. The number of hydrogen-bond acceptors (Lipinski definition) is 2. The Balaban J connectivity index is 2.62. The van der Waals surface area contributed by atoms with E-state index >= 15 is 0 Å². The van der Waals surface area contributed by atoms with Crippen molar-refractivity contribution in [1.29, 1.82) is 0 Å². The molecular weight excluding hydrogens is 239 g/mol. The largest absolute Gasteiger partial charge is 0.493 e. The summed E-state index contributed by atoms with van der Waals surface area (Å²) in [6.45, 7) is -0.594. The zero-order chi connectivity index (χ0) is 12.2. The summed E-state index contributed by atoms with van der Waals surface area (Å²) in [5, 5.41) is 0. The lowest BCUT2D eigenvalue weighted by atomic mass is 10.1. The highest BCUT2D eigenvalue weighted by Gasteiger charge is 2.42. The fourth-order valence-corrected chi connectivity index (χ4v) is 1.24. The lowest BCUT2D eigenvalue weighted by Gasteiger charge is -2.19. The summed E-state index contributed by atoms with van der Waals surface area (Å²) in [5.41, 5.74) is 5.02. The third-order valence-electron chi connectivity index (χ3n) is 1.90. The zero-order valence-electron chi connectivity index (χ0n) is 8.20. The Kier molecular flexibility index (Phi) is 4.12. The van der Waals surface area contributed by atoms with E-state index in [-0.39, 0.29) is 0 Å². The van der Waals surface area contributed by atoms with E-state index in [1.807, 2.05) is 0 Å². The van der Waals surface area contributed by atoms with Crippen molar-refractivity contribution in [1.82, 2.24) is 0 Å². The van der Waals surface area contributed by atoms with E-state index in [0.717, 1.165) is 0 Å². The summed E-state index contributed by atoms with van der Waals surface area (Å²) < 4.78 is 42.2. The van der Waals surface area contributed by atoms with E-state index in [4.69, 9.17) is 10.5 Å². The van der Waals surface area contributed by atoms with Gasteiger partial charge in [-0.3, -0.25) is 0 Å². The minimum Gasteiger partial charge on any atom is -0.493 e. The van der Waals surface area contributed by atoms with Crippen LogP contribution in [-0.4, -0.2) is 17.8 Å². The van der Waals surface area contributed by atoms with Crippen LogP contribution in [-0.2, 0) is 0 Å². The molecular formula is C10H10F3NOS. The first-order chi connectivity index (χ1) is 7.41. The summed E-state index contributed by atoms with van der Waals surface area (Å²) >= 11 is 4.36. The van der Waals surface area contributed by atoms with Crippen molar-refractivity contribution in [3.05, 3.63) is 30.3 Å². The molecule has 1 rings (SSSR count). The highest BCUT2D eigenvalue weighted by atomic mass is 32.1. The summed E-state index contributed by atoms with van der Waals surface area (Å²) in [7, 11) is 0. The van der Waals surface area contributed by atoms with Crippen LogP contribution in [0.25, 0.3) is 0 Å². The molecule has 2 nitrogen and oxygen atoms in total. The number of ether oxygens (including phenoxy) is 1. The smallest absolute Gasteiger partial charge is 0.401 e. The predicted octanol–water partition coefficient (Wildman–Crippen LogP) is 2.53. The fourth-order valence-electron chi connectivity index (χ4n) is 1.03. The van der Waals surface area contributed by atoms with Crippen molar-refractivity contribution in [2.24, 2.45) is 11.7 Å². The molecule has 0 bridgehead atoms. The van der Waals surface area contributed by atoms with Gasteiger partial charge in [-0.15, -0.1) is 0 Å². The molecule has 0 aliphatic carbocycles. The highest BCUT2D eigenvalue weighted by molar-refractivity contribution is 7.80. The number of thiocarbonyl (C=S) groups is 1. The van der Waals surface area contributed by atoms with Gasteiger partial charge < -0.3 is 10.5 Å². The van der Waals surface area contributed by atoms with Gasteiger partial charge in [0, 0.05) is 0 Å². The number of nitrogens with two attached hydrogens (primary N) is 1. The van der Waals surface area contributed by atoms with Gasteiger partial charge in [0.25, 0.3) is 0 Å². The van der Waals surface area contributed by atoms with Gasteiger partial charge in [0.2, 0.25) is 0 Å². The summed E-state index contributed by atoms with van der Waals surface area (Å²) in [6, 6.07) is 8.19. The van der Waals surface area contributed by atoms with Crippen LogP contribution in [0, 0.1) is 5.92 Å². The lowest BCUT2D eigenvalue weighted by Crippen LogP contribution is -2.38. The second-order valence-corrected chi connectivity index (χ2v) is 3.59. The van der Waals surface area contributed by atoms with E-state index in [1.54, 1.807) is 30.3 Å². The normalized spacial score (nSPS) is 13.2. The molecule has 2 N–H and O–H groups in total. The number of alkyl halides is 3. The van der Waals surface area contributed by atoms with E-state index < -0.39 is 23.7 Å². The fraction of sp³-hybridized carbons (Fsp3) is 0.300. The molecule has 1 atom stereocenters. The lowest BCUT2D eigenvalue weighted by molar-refractivity contribution is -0.161. The molecule has 0 saturated heterocycles. The molecule has 0 saturated carbocycles. The van der Waals surface area contributed by atoms with Crippen molar-refractivity contribution in [2.75, 3.05) is 6.61 Å². The second-order valence-electron chi connectivity index (χ2n) is 3.12. The standard InChI is InChI=1S/C10H10F3NOS/c11-10(12,13)8(9(14)16)6-15-7-4-2-1-3-5-7/h1-5,8H,6H2,(H2,14,16). The quantitative estimate of drug-likeness (QED) is 0.833. The third-order valence-corrected chi connectivity index (χ3v) is 2.18. The van der Waals surface area contributed by atoms with Crippen LogP contribution in [0.1, 0.15) is 0 Å². The van der Waals surface area contributed by atoms with Gasteiger partial charge in [-0.1, -0.05) is 30.4 Å². The van der Waals surface area contributed by atoms with Crippen LogP contribution < -0.4 is 10.5 Å². The number of hydrogen-bond donors (Lipinski definition) is 1. The minimum absolute atomic E-state index is 0.355. The zero-order valence-corrected chi connectivity index (χ0v) is 9.02. The third kappa shape index (κ3) is 3.69. The highest BCUT2D eigenvalue weighted by Crippen LogP contribution is 2.27. The van der Waals surface area contributed by atoms with Crippen molar-refractivity contribution in [3.8, 4) is 5.75 Å². The van der Waals surface area contributed by atoms with Gasteiger partial charge in [-0.05, 0) is 12.1 Å². The average Bonchev–Trinajstić information content (AvgIpc) is 2.17. The minimum atomic E-state index is -4.47. The molecule has 6 heteroatoms. The van der Waals surface area contributed by atoms with Gasteiger partial charge >= 0.3 is 6.18 Å². The number of rotatable bonds is 4. The van der Waals surface area contributed by atoms with Crippen LogP contribution in [0.15, 0.2) is 30.3 Å². The molecule has 0 heterocycles. The Hall–Kier alpha value is -1.30. The van der Waals surface area contributed by atoms with Crippen LogP contribution in [0.3, 0.4) is 0 Å². The van der Waals surface area contributed by atoms with E-state index in [0.29, 0.717) is 5.75 Å². The molecule has 0 fully saturated rings. The summed E-state index contributed by atoms with van der Waals surface area (Å²) in [4.78, 5) is -0.608. The van der Waals surface area contributed by atoms with Crippen LogP contribution >= 0.6 is 12.2 Å². The molecule has 0 spiro atoms. The van der Waals surface area contributed by atoms with Gasteiger partial charge in [-0.2, -0.15) is 13.2 Å². The topological polar surface area (TPSA) is 35.2 Å². The van der Waals surface area contributed by atoms with E-state index in [1.165, 1.54) is 0 Å². The maximum absolute atomic E-state index is 12.4. The first-order valence-corrected chi connectivity index (χ1v) is 4.86. The Bertz CT molecular complexity index is 353. The maximum atomic E-state index is 12.4. The van der Waals surface area contributed by atoms with Crippen molar-refractivity contribution >= 4 is 17.2 Å². The Morgan fingerprint density at radius 2 is 1.88 bits per heavy atom. The molecule has 0 aliphatic rings. The average molecular weight is 249 g/mol. The van der Waals surface area contributed by atoms with E-state index in [2.05, 4.69) is 12.2 Å². The molecule has 0 aliphatic heterocycles. The van der Waals surface area contributed by atoms with Crippen LogP contribution in [0.4, 0.5) is 13.2 Å². The Labute approximate surface area is 96.2 Å². The number of para-hydroxylation sites is 1. The van der Waals surface area contributed by atoms with Crippen LogP contribution in [0.2, 0.25) is 0 Å². The molecule has 0 radical (unpaired) electrons. The molecule has 0 aromatic heterocycles. The summed E-state index contributed by atoms with van der Waals surface area (Å²) in [6.07, 6.45) is -4.47. The molecule has 88 valence electrons. The Morgan fingerprint density at radius 1 is 1.31 bits per heavy atom. The number of benzene rings is 1. The first kappa shape index (κ1) is 12.8. The number of halogens is 3. The SMILES string of the molecule is NC(=S)C(COc1ccccc1)C(F)(F)F. The predicted molar refractivity (Wildman–Crippen MR) is 58.3 cm³/mol. The van der Waals surface area contributed by atoms with Crippen LogP contribution in [0.5, 0.6) is 5.75 Å². The van der Waals surface area contributed by atoms with Gasteiger partial charge in [-0.25, -0.2) is 0 Å². The van der Waals surface area contributed by atoms with Crippen molar-refractivity contribution in [2.45, 2.75) is 6.18 Å². The molecule has 1 unspecified atom stereocenters. The second kappa shape index (κ2) is 5.16. The summed E-state index contributed by atoms with van der Waals surface area (Å²) in [5.74, 6) is -1.56. The Morgan fingerprint density at radius 3 is 2.31 bits per heavy atom. The molecule has 1 aromatic rings. The van der Waals surface area contributed by atoms with Crippen molar-refractivity contribution < 1.29 is 17.9 Å². The van der Waals surface area contributed by atoms with Gasteiger partial charge in [0.05, 0.1) is 4.99 Å². The molecule has 1 aromatic carbocycles. The monoisotopic (exact) mass is 249 g/mol. The maximum Gasteiger partial charge on any atom is 0.401 e. The molecule has 0 amide bonds. The van der Waals surface area contributed by atoms with Crippen molar-refractivity contribution in [3.63, 3.8) is 0 Å².